The van der Waals surface area contributed by atoms with Gasteiger partial charge in [0.1, 0.15) is 47.9 Å². The van der Waals surface area contributed by atoms with Gasteiger partial charge in [-0.1, -0.05) is 68.8 Å². The molecule has 0 amide bonds. The second-order valence-electron chi connectivity index (χ2n) is 15.7. The van der Waals surface area contributed by atoms with Crippen molar-refractivity contribution < 1.29 is 31.4 Å². The number of carbonyl (C=O) groups excluding carboxylic acids is 1. The number of aromatic nitrogens is 4. The zero-order valence-electron chi connectivity index (χ0n) is 37.1. The molecule has 10 aromatic rings. The highest BCUT2D eigenvalue weighted by molar-refractivity contribution is 6.36. The van der Waals surface area contributed by atoms with Crippen LogP contribution >= 0.6 is 46.4 Å². The summed E-state index contributed by atoms with van der Waals surface area (Å²) in [5.74, 6) is -2.34. The summed E-state index contributed by atoms with van der Waals surface area (Å²) in [7, 11) is 0. The lowest BCUT2D eigenvalue weighted by Gasteiger charge is -2.17. The van der Waals surface area contributed by atoms with Gasteiger partial charge >= 0.3 is 0 Å². The van der Waals surface area contributed by atoms with Crippen LogP contribution in [0.25, 0.3) is 21.8 Å². The molecule has 12 nitrogen and oxygen atoms in total. The molecule has 0 bridgehead atoms. The summed E-state index contributed by atoms with van der Waals surface area (Å²) in [6.45, 7) is 0. The first-order valence-electron chi connectivity index (χ1n) is 21.3. The molecule has 4 N–H and O–H groups in total. The number of halogens is 8. The predicted octanol–water partition coefficient (Wildman–Crippen LogP) is 14.7. The average molecular weight is 1060 g/mol. The van der Waals surface area contributed by atoms with Gasteiger partial charge in [0, 0.05) is 63.8 Å². The van der Waals surface area contributed by atoms with Crippen LogP contribution in [0.3, 0.4) is 0 Å². The van der Waals surface area contributed by atoms with Crippen LogP contribution in [0.1, 0.15) is 49.9 Å². The summed E-state index contributed by atoms with van der Waals surface area (Å²) in [4.78, 5) is 20.1. The van der Waals surface area contributed by atoms with Crippen molar-refractivity contribution >= 4 is 102 Å². The minimum absolute atomic E-state index is 0.0166. The Kier molecular flexibility index (Phi) is 15.8. The minimum atomic E-state index is -0.564. The molecule has 4 aromatic heterocycles. The summed E-state index contributed by atoms with van der Waals surface area (Å²) in [5.41, 5.74) is 12.6. The summed E-state index contributed by atoms with van der Waals surface area (Å²) in [6, 6.07) is 34.3. The fourth-order valence-electron chi connectivity index (χ4n) is 7.39. The van der Waals surface area contributed by atoms with Gasteiger partial charge < -0.3 is 25.4 Å². The number of nitrogens with zero attached hydrogens (tertiary/aromatic N) is 6. The van der Waals surface area contributed by atoms with E-state index < -0.39 is 11.6 Å². The third-order valence-electron chi connectivity index (χ3n) is 10.9. The number of pyridine rings is 2. The molecule has 0 aliphatic rings. The van der Waals surface area contributed by atoms with Gasteiger partial charge in [-0.3, -0.25) is 14.8 Å². The zero-order chi connectivity index (χ0) is 51.8. The van der Waals surface area contributed by atoms with Crippen LogP contribution < -0.4 is 16.4 Å². The van der Waals surface area contributed by atoms with E-state index in [9.17, 15) is 32.9 Å². The van der Waals surface area contributed by atoms with Crippen molar-refractivity contribution in [2.45, 2.75) is 12.3 Å². The number of nitrogen functional groups attached to an aromatic ring is 1. The van der Waals surface area contributed by atoms with E-state index in [0.29, 0.717) is 78.0 Å². The van der Waals surface area contributed by atoms with E-state index in [-0.39, 0.29) is 50.2 Å². The highest BCUT2D eigenvalue weighted by Gasteiger charge is 2.21. The van der Waals surface area contributed by atoms with Gasteiger partial charge in [-0.25, -0.2) is 17.6 Å². The summed E-state index contributed by atoms with van der Waals surface area (Å²) in [6.07, 6.45) is 6.10. The number of ketones is 1. The monoisotopic (exact) mass is 1060 g/mol. The third kappa shape index (κ3) is 12.0. The number of fused-ring (bicyclic) bond motifs is 2. The van der Waals surface area contributed by atoms with Crippen LogP contribution in [0.4, 0.5) is 46.0 Å². The number of nitrogens with one attached hydrogen (secondary N) is 2. The molecule has 0 aliphatic heterocycles. The van der Waals surface area contributed by atoms with Crippen LogP contribution in [-0.4, -0.2) is 26.1 Å². The maximum absolute atomic E-state index is 13.7. The highest BCUT2D eigenvalue weighted by atomic mass is 35.5. The summed E-state index contributed by atoms with van der Waals surface area (Å²) in [5, 5.41) is 34.7. The molecule has 1 atom stereocenters. The molecular formula is C53H31Cl4F4N9O3. The first-order valence-corrected chi connectivity index (χ1v) is 22.8. The Bertz CT molecular complexity index is 3730. The molecule has 0 aliphatic carbocycles. The number of anilines is 5. The Labute approximate surface area is 432 Å². The number of rotatable bonds is 10. The van der Waals surface area contributed by atoms with Gasteiger partial charge in [0.15, 0.2) is 5.69 Å². The molecule has 6 aromatic carbocycles. The Hall–Kier alpha value is -8.51. The van der Waals surface area contributed by atoms with Crippen molar-refractivity contribution in [3.8, 4) is 12.1 Å². The van der Waals surface area contributed by atoms with E-state index in [1.165, 1.54) is 97.7 Å². The zero-order valence-corrected chi connectivity index (χ0v) is 40.2. The lowest BCUT2D eigenvalue weighted by molar-refractivity contribution is 0.103. The van der Waals surface area contributed by atoms with E-state index in [2.05, 4.69) is 41.5 Å². The van der Waals surface area contributed by atoms with E-state index in [0.717, 1.165) is 11.1 Å². The van der Waals surface area contributed by atoms with Crippen LogP contribution in [0.2, 0.25) is 20.1 Å². The molecule has 4 heterocycles. The van der Waals surface area contributed by atoms with Gasteiger partial charge in [0.05, 0.1) is 59.3 Å². The van der Waals surface area contributed by atoms with E-state index in [1.807, 2.05) is 12.1 Å². The van der Waals surface area contributed by atoms with Crippen molar-refractivity contribution in [2.75, 3.05) is 16.4 Å². The lowest BCUT2D eigenvalue weighted by Crippen LogP contribution is -2.06. The molecule has 0 saturated heterocycles. The number of nitriles is 2. The molecule has 1 unspecified atom stereocenters. The molecule has 20 heteroatoms. The van der Waals surface area contributed by atoms with Gasteiger partial charge in [-0.2, -0.15) is 10.5 Å². The van der Waals surface area contributed by atoms with Crippen molar-refractivity contribution in [3.63, 3.8) is 0 Å². The standard InChI is InChI=1S/C27H16Cl2F2N4O.C16H9Cl2FN4.C10H6FNO2/c28-22-12-19(5-6-24(22)31)34-26-17(13-32)14-33-27-21(26)10-15(11-23(27)29)9-20(25-7-8-36-35-25)16-1-3-18(30)4-2-16;17-12-2-1-10(5-14(12)19)23-15-8(6-20)7-22-16-11(15)3-9(21)4-13(16)18;11-8-3-1-7(2-4-8)10(13)9-5-6-14-12-9/h1-8,10-12,14,20H,9H2,(H,33,34);1-5,7H,21H2,(H,22,23);1-6H. The topological polar surface area (TPSA) is 193 Å². The van der Waals surface area contributed by atoms with Crippen LogP contribution in [0.15, 0.2) is 155 Å². The predicted molar refractivity (Wildman–Crippen MR) is 272 cm³/mol. The van der Waals surface area contributed by atoms with Gasteiger partial charge in [0.25, 0.3) is 0 Å². The van der Waals surface area contributed by atoms with E-state index >= 15 is 0 Å². The van der Waals surface area contributed by atoms with Crippen LogP contribution in [0.5, 0.6) is 0 Å². The Morgan fingerprint density at radius 3 is 1.77 bits per heavy atom. The fourth-order valence-corrected chi connectivity index (χ4v) is 8.26. The van der Waals surface area contributed by atoms with Crippen LogP contribution in [-0.2, 0) is 6.42 Å². The summed E-state index contributed by atoms with van der Waals surface area (Å²) >= 11 is 24.4. The molecular weight excluding hydrogens is 1030 g/mol. The Balaban J connectivity index is 0.000000163. The largest absolute Gasteiger partial charge is 0.399 e. The van der Waals surface area contributed by atoms with Gasteiger partial charge in [0.2, 0.25) is 5.78 Å². The normalized spacial score (nSPS) is 11.1. The molecule has 0 saturated carbocycles. The smallest absolute Gasteiger partial charge is 0.214 e. The molecule has 10 rings (SSSR count). The quantitative estimate of drug-likeness (QED) is 0.0668. The number of benzene rings is 6. The second kappa shape index (κ2) is 22.7. The molecule has 73 heavy (non-hydrogen) atoms. The maximum Gasteiger partial charge on any atom is 0.214 e. The number of nitrogens with two attached hydrogens (primary N) is 1. The number of hydrogen-bond acceptors (Lipinski definition) is 12. The highest BCUT2D eigenvalue weighted by Crippen LogP contribution is 2.38. The number of hydrogen-bond donors (Lipinski definition) is 3. The van der Waals surface area contributed by atoms with E-state index in [4.69, 9.17) is 56.7 Å². The first kappa shape index (κ1) is 50.9. The van der Waals surface area contributed by atoms with Crippen molar-refractivity contribution in [2.24, 2.45) is 0 Å². The van der Waals surface area contributed by atoms with Gasteiger partial charge in [-0.15, -0.1) is 0 Å². The molecule has 0 spiro atoms. The van der Waals surface area contributed by atoms with E-state index in [1.54, 1.807) is 42.5 Å². The molecule has 362 valence electrons. The first-order chi connectivity index (χ1) is 35.2. The molecule has 0 fully saturated rings. The maximum atomic E-state index is 13.7. The third-order valence-corrected chi connectivity index (χ3v) is 12.0. The fraction of sp³-hybridized carbons (Fsp3) is 0.0377. The summed E-state index contributed by atoms with van der Waals surface area (Å²) < 4.78 is 63.0. The second-order valence-corrected chi connectivity index (χ2v) is 17.3. The van der Waals surface area contributed by atoms with Crippen molar-refractivity contribution in [1.82, 2.24) is 20.3 Å². The van der Waals surface area contributed by atoms with Crippen molar-refractivity contribution in [3.05, 3.63) is 229 Å². The van der Waals surface area contributed by atoms with Crippen LogP contribution in [0, 0.1) is 45.9 Å². The minimum Gasteiger partial charge on any atom is -0.399 e. The molecule has 0 radical (unpaired) electrons. The lowest BCUT2D eigenvalue weighted by atomic mass is 9.88. The Morgan fingerprint density at radius 2 is 1.19 bits per heavy atom. The Morgan fingerprint density at radius 1 is 0.616 bits per heavy atom. The average Bonchev–Trinajstić information content (AvgIpc) is 4.13. The number of carbonyl (C=O) groups is 1. The van der Waals surface area contributed by atoms with Crippen molar-refractivity contribution in [1.29, 1.82) is 10.5 Å². The SMILES string of the molecule is N#Cc1cnc2c(Cl)cc(CC(c3ccc(F)cc3)c3ccon3)cc2c1Nc1ccc(F)c(Cl)c1.N#Cc1cnc2c(Cl)cc(N)cc2c1Nc1ccc(Cl)c(F)c1.O=C(c1ccc(F)cc1)c1ccon1. The van der Waals surface area contributed by atoms with Gasteiger partial charge in [-0.05, 0) is 115 Å².